The van der Waals surface area contributed by atoms with E-state index in [1.165, 1.54) is 33.6 Å². The zero-order valence-electron chi connectivity index (χ0n) is 29.4. The number of nitrogens with one attached hydrogen (secondary N) is 4. The van der Waals surface area contributed by atoms with E-state index in [2.05, 4.69) is 31.2 Å². The lowest BCUT2D eigenvalue weighted by Crippen LogP contribution is -2.44. The number of Topliss-reactive ketones (excluding diaryl/α,β-unsaturated/α-hetero) is 1. The van der Waals surface area contributed by atoms with Crippen LogP contribution in [0, 0.1) is 0 Å². The first-order valence-corrected chi connectivity index (χ1v) is 18.1. The largest absolute Gasteiger partial charge is 0.444 e. The van der Waals surface area contributed by atoms with Gasteiger partial charge in [0.15, 0.2) is 5.78 Å². The van der Waals surface area contributed by atoms with Gasteiger partial charge in [-0.3, -0.25) is 24.1 Å². The van der Waals surface area contributed by atoms with Crippen molar-refractivity contribution in [3.8, 4) is 10.7 Å². The Morgan fingerprint density at radius 2 is 1.62 bits per heavy atom. The Balaban J connectivity index is 1.22. The Hall–Kier alpha value is -4.38. The van der Waals surface area contributed by atoms with E-state index in [1.54, 1.807) is 52.3 Å². The fraction of sp³-hybridized carbons (Fsp3) is 0.576. The third-order valence-electron chi connectivity index (χ3n) is 7.45. The average Bonchev–Trinajstić information content (AvgIpc) is 3.32. The number of thiazole rings is 2. The highest BCUT2D eigenvalue weighted by Gasteiger charge is 2.51. The zero-order valence-corrected chi connectivity index (χ0v) is 31.0. The van der Waals surface area contributed by atoms with Crippen LogP contribution in [0.1, 0.15) is 96.1 Å². The van der Waals surface area contributed by atoms with Crippen LogP contribution in [-0.2, 0) is 30.4 Å². The molecule has 2 aromatic rings. The lowest BCUT2D eigenvalue weighted by molar-refractivity contribution is -0.132. The summed E-state index contributed by atoms with van der Waals surface area (Å²) in [5.41, 5.74) is -1.13. The number of ketones is 1. The summed E-state index contributed by atoms with van der Waals surface area (Å²) in [7, 11) is 0. The summed E-state index contributed by atoms with van der Waals surface area (Å²) in [4.78, 5) is 85.9. The standard InChI is InChI=1S/C33H45N7O8S2/c1-19-8-9-20(40(19)30(46)48-32(5,6)7)14-25(43)39-33(10-11-33)23(41)15-24(42)36-16-26-37-22(18-49-26)28-38-21(17-50-28)27(44)34-12-13-35-29(45)47-31(2,3)4/h14,17-19H,8-13,15-16H2,1-7H3,(H,34,44)(H,35,45)(H,36,42)(H,39,43)/b20-14-/t19-/m0/s1. The van der Waals surface area contributed by atoms with Crippen molar-refractivity contribution >= 4 is 58.4 Å². The molecule has 0 bridgehead atoms. The number of alkyl carbamates (subject to hydrolysis) is 1. The van der Waals surface area contributed by atoms with Gasteiger partial charge >= 0.3 is 12.2 Å². The first kappa shape index (κ1) is 38.4. The number of allylic oxidation sites excluding steroid dienone is 1. The fourth-order valence-corrected chi connectivity index (χ4v) is 6.50. The molecule has 272 valence electrons. The third-order valence-corrected chi connectivity index (χ3v) is 9.16. The highest BCUT2D eigenvalue weighted by Crippen LogP contribution is 2.38. The van der Waals surface area contributed by atoms with E-state index in [9.17, 15) is 28.8 Å². The molecule has 1 saturated carbocycles. The molecule has 3 heterocycles. The number of amides is 5. The number of likely N-dealkylation sites (tertiary alicyclic amines) is 1. The number of carbonyl (C=O) groups is 6. The predicted octanol–water partition coefficient (Wildman–Crippen LogP) is 4.05. The highest BCUT2D eigenvalue weighted by molar-refractivity contribution is 7.14. The summed E-state index contributed by atoms with van der Waals surface area (Å²) < 4.78 is 10.7. The van der Waals surface area contributed by atoms with Gasteiger partial charge in [-0.05, 0) is 74.1 Å². The summed E-state index contributed by atoms with van der Waals surface area (Å²) >= 11 is 2.54. The second-order valence-electron chi connectivity index (χ2n) is 14.2. The van der Waals surface area contributed by atoms with Gasteiger partial charge in [0.05, 0.1) is 18.5 Å². The molecule has 0 unspecified atom stereocenters. The number of rotatable bonds is 12. The maximum atomic E-state index is 13.1. The number of hydrogen-bond acceptors (Lipinski definition) is 12. The second-order valence-corrected chi connectivity index (χ2v) is 16.0. The fourth-order valence-electron chi connectivity index (χ4n) is 4.94. The molecule has 0 spiro atoms. The zero-order chi connectivity index (χ0) is 36.9. The summed E-state index contributed by atoms with van der Waals surface area (Å²) in [6.45, 7) is 12.9. The highest BCUT2D eigenvalue weighted by atomic mass is 32.1. The second kappa shape index (κ2) is 15.7. The van der Waals surface area contributed by atoms with Gasteiger partial charge in [0, 0.05) is 41.7 Å². The predicted molar refractivity (Wildman–Crippen MR) is 186 cm³/mol. The third kappa shape index (κ3) is 11.1. The van der Waals surface area contributed by atoms with Crippen LogP contribution in [0.4, 0.5) is 9.59 Å². The molecule has 4 N–H and O–H groups in total. The molecule has 1 saturated heterocycles. The number of nitrogens with zero attached hydrogens (tertiary/aromatic N) is 3. The summed E-state index contributed by atoms with van der Waals surface area (Å²) in [5, 5.41) is 15.2. The van der Waals surface area contributed by atoms with Gasteiger partial charge in [0.2, 0.25) is 11.8 Å². The van der Waals surface area contributed by atoms with Crippen LogP contribution in [0.3, 0.4) is 0 Å². The smallest absolute Gasteiger partial charge is 0.414 e. The van der Waals surface area contributed by atoms with Gasteiger partial charge in [0.25, 0.3) is 5.91 Å². The molecule has 17 heteroatoms. The van der Waals surface area contributed by atoms with Crippen molar-refractivity contribution in [1.82, 2.24) is 36.1 Å². The molecule has 4 rings (SSSR count). The van der Waals surface area contributed by atoms with Crippen molar-refractivity contribution in [2.24, 2.45) is 0 Å². The van der Waals surface area contributed by atoms with Gasteiger partial charge in [-0.25, -0.2) is 19.6 Å². The normalized spacial score (nSPS) is 17.5. The number of carbonyl (C=O) groups excluding carboxylic acids is 6. The Labute approximate surface area is 299 Å². The lowest BCUT2D eigenvalue weighted by Gasteiger charge is -2.28. The van der Waals surface area contributed by atoms with E-state index in [1.807, 2.05) is 6.92 Å². The molecule has 0 aromatic carbocycles. The quantitative estimate of drug-likeness (QED) is 0.140. The SMILES string of the molecule is C[C@H]1CC/C(=C/C(=O)NC2(C(=O)CC(=O)NCc3nc(-c4nc(C(=O)NCCNC(=O)OC(C)(C)C)cs4)cs3)CC2)N1C(=O)OC(C)(C)C. The summed E-state index contributed by atoms with van der Waals surface area (Å²) in [6, 6.07) is -0.129. The van der Waals surface area contributed by atoms with E-state index in [-0.39, 0.29) is 37.2 Å². The molecule has 15 nitrogen and oxygen atoms in total. The Bertz CT molecular complexity index is 1650. The van der Waals surface area contributed by atoms with Crippen LogP contribution >= 0.6 is 22.7 Å². The van der Waals surface area contributed by atoms with Crippen LogP contribution < -0.4 is 21.3 Å². The van der Waals surface area contributed by atoms with E-state index in [0.29, 0.717) is 47.1 Å². The van der Waals surface area contributed by atoms with E-state index in [4.69, 9.17) is 9.47 Å². The maximum absolute atomic E-state index is 13.1. The topological polar surface area (TPSA) is 198 Å². The Morgan fingerprint density at radius 3 is 2.28 bits per heavy atom. The molecule has 0 radical (unpaired) electrons. The minimum Gasteiger partial charge on any atom is -0.444 e. The average molecular weight is 732 g/mol. The van der Waals surface area contributed by atoms with Crippen LogP contribution in [0.5, 0.6) is 0 Å². The van der Waals surface area contributed by atoms with Gasteiger partial charge < -0.3 is 30.7 Å². The van der Waals surface area contributed by atoms with Crippen molar-refractivity contribution in [3.63, 3.8) is 0 Å². The number of ether oxygens (including phenoxy) is 2. The van der Waals surface area contributed by atoms with Crippen molar-refractivity contribution in [1.29, 1.82) is 0 Å². The van der Waals surface area contributed by atoms with Crippen molar-refractivity contribution < 1.29 is 38.2 Å². The summed E-state index contributed by atoms with van der Waals surface area (Å²) in [5.74, 6) is -1.79. The van der Waals surface area contributed by atoms with Gasteiger partial charge in [-0.2, -0.15) is 0 Å². The number of aromatic nitrogens is 2. The van der Waals surface area contributed by atoms with Gasteiger partial charge in [-0.1, -0.05) is 0 Å². The lowest BCUT2D eigenvalue weighted by atomic mass is 10.1. The summed E-state index contributed by atoms with van der Waals surface area (Å²) in [6.07, 6.45) is 1.89. The molecule has 50 heavy (non-hydrogen) atoms. The minimum atomic E-state index is -1.11. The molecule has 2 fully saturated rings. The van der Waals surface area contributed by atoms with Gasteiger partial charge in [0.1, 0.15) is 32.6 Å². The van der Waals surface area contributed by atoms with Crippen LogP contribution in [-0.4, -0.2) is 86.4 Å². The van der Waals surface area contributed by atoms with Crippen LogP contribution in [0.15, 0.2) is 22.5 Å². The molecular formula is C33H45N7O8S2. The van der Waals surface area contributed by atoms with Gasteiger partial charge in [-0.15, -0.1) is 22.7 Å². The van der Waals surface area contributed by atoms with E-state index in [0.717, 1.165) is 0 Å². The van der Waals surface area contributed by atoms with E-state index >= 15 is 0 Å². The van der Waals surface area contributed by atoms with Crippen LogP contribution in [0.2, 0.25) is 0 Å². The minimum absolute atomic E-state index is 0.0876. The Morgan fingerprint density at radius 1 is 0.940 bits per heavy atom. The molecule has 1 atom stereocenters. The molecule has 5 amide bonds. The van der Waals surface area contributed by atoms with Crippen LogP contribution in [0.25, 0.3) is 10.7 Å². The van der Waals surface area contributed by atoms with E-state index < -0.39 is 53.1 Å². The monoisotopic (exact) mass is 731 g/mol. The first-order valence-electron chi connectivity index (χ1n) is 16.3. The van der Waals surface area contributed by atoms with Crippen molar-refractivity contribution in [2.75, 3.05) is 13.1 Å². The maximum Gasteiger partial charge on any atom is 0.414 e. The van der Waals surface area contributed by atoms with Crippen molar-refractivity contribution in [3.05, 3.63) is 33.2 Å². The molecular weight excluding hydrogens is 687 g/mol. The molecule has 2 aromatic heterocycles. The first-order chi connectivity index (χ1) is 23.3. The molecule has 1 aliphatic heterocycles. The number of hydrogen-bond donors (Lipinski definition) is 4. The Kier molecular flexibility index (Phi) is 12.0. The molecule has 1 aliphatic carbocycles. The van der Waals surface area contributed by atoms with Crippen molar-refractivity contribution in [2.45, 2.75) is 110 Å². The molecule has 2 aliphatic rings.